The van der Waals surface area contributed by atoms with E-state index in [1.165, 1.54) is 64.2 Å². The SMILES string of the molecule is CCCCCCCCCCC[CH2][Fe+2].O=S(=O)([O-])[O-]. The molecule has 0 aliphatic rings. The fourth-order valence-electron chi connectivity index (χ4n) is 1.58. The van der Waals surface area contributed by atoms with Gasteiger partial charge in [0.15, 0.2) is 0 Å². The molecule has 4 nitrogen and oxygen atoms in total. The van der Waals surface area contributed by atoms with E-state index in [-0.39, 0.29) is 0 Å². The Labute approximate surface area is 120 Å². The zero-order valence-corrected chi connectivity index (χ0v) is 13.1. The minimum absolute atomic E-state index is 1.12. The fourth-order valence-corrected chi connectivity index (χ4v) is 1.85. The van der Waals surface area contributed by atoms with Crippen LogP contribution in [-0.2, 0) is 26.4 Å². The van der Waals surface area contributed by atoms with Gasteiger partial charge in [0.05, 0.1) is 0 Å². The van der Waals surface area contributed by atoms with E-state index in [1.54, 1.807) is 0 Å². The van der Waals surface area contributed by atoms with Crippen LogP contribution in [0.3, 0.4) is 0 Å². The molecule has 0 aliphatic carbocycles. The van der Waals surface area contributed by atoms with Crippen molar-refractivity contribution in [3.05, 3.63) is 0 Å². The molecule has 0 rings (SSSR count). The molecule has 6 heteroatoms. The van der Waals surface area contributed by atoms with Gasteiger partial charge in [0.25, 0.3) is 0 Å². The molecule has 0 fully saturated rings. The van der Waals surface area contributed by atoms with Gasteiger partial charge in [0.1, 0.15) is 0 Å². The van der Waals surface area contributed by atoms with Crippen molar-refractivity contribution in [3.63, 3.8) is 0 Å². The van der Waals surface area contributed by atoms with Crippen molar-refractivity contribution in [1.29, 1.82) is 0 Å². The summed E-state index contributed by atoms with van der Waals surface area (Å²) in [5.41, 5.74) is 0. The summed E-state index contributed by atoms with van der Waals surface area (Å²) in [4.78, 5) is 0. The van der Waals surface area contributed by atoms with Gasteiger partial charge >= 0.3 is 92.5 Å². The maximum absolute atomic E-state index is 8.52. The molecule has 0 aromatic rings. The maximum atomic E-state index is 8.52. The molecule has 0 atom stereocenters. The molecule has 0 saturated carbocycles. The molecular weight excluding hydrogens is 296 g/mol. The average molecular weight is 321 g/mol. The summed E-state index contributed by atoms with van der Waals surface area (Å²) in [6.45, 7) is 2.28. The van der Waals surface area contributed by atoms with Crippen LogP contribution in [0.2, 0.25) is 5.32 Å². The van der Waals surface area contributed by atoms with Crippen LogP contribution in [0.1, 0.15) is 71.1 Å². The van der Waals surface area contributed by atoms with Gasteiger partial charge in [-0.3, -0.25) is 8.42 Å². The Kier molecular flexibility index (Phi) is 17.8. The molecule has 18 heavy (non-hydrogen) atoms. The first-order valence-electron chi connectivity index (χ1n) is 6.62. The van der Waals surface area contributed by atoms with Gasteiger partial charge in [-0.2, -0.15) is 0 Å². The maximum Gasteiger partial charge on any atom is 0.0311 e. The molecule has 0 unspecified atom stereocenters. The van der Waals surface area contributed by atoms with Crippen LogP contribution in [-0.4, -0.2) is 17.5 Å². The van der Waals surface area contributed by atoms with Gasteiger partial charge in [-0.1, -0.05) is 0 Å². The largest absolute Gasteiger partial charge is 0.759 e. The molecule has 0 amide bonds. The molecule has 0 radical (unpaired) electrons. The number of rotatable bonds is 10. The molecule has 0 aromatic heterocycles. The molecule has 0 spiro atoms. The summed E-state index contributed by atoms with van der Waals surface area (Å²) in [5.74, 6) is 0. The fraction of sp³-hybridized carbons (Fsp3) is 1.00. The quantitative estimate of drug-likeness (QED) is 0.267. The first kappa shape index (κ1) is 20.7. The summed E-state index contributed by atoms with van der Waals surface area (Å²) >= 11 is 3.85. The Bertz CT molecular complexity index is 224. The van der Waals surface area contributed by atoms with E-state index in [2.05, 4.69) is 22.9 Å². The van der Waals surface area contributed by atoms with Crippen LogP contribution in [0.5, 0.6) is 0 Å². The van der Waals surface area contributed by atoms with Crippen molar-refractivity contribution in [2.24, 2.45) is 0 Å². The molecule has 0 N–H and O–H groups in total. The number of hydrogen-bond acceptors (Lipinski definition) is 4. The van der Waals surface area contributed by atoms with E-state index in [0.717, 1.165) is 5.32 Å². The zero-order valence-electron chi connectivity index (χ0n) is 11.2. The van der Waals surface area contributed by atoms with Crippen LogP contribution in [0, 0.1) is 0 Å². The van der Waals surface area contributed by atoms with Crippen LogP contribution in [0.25, 0.3) is 0 Å². The molecular formula is C12H25FeO4S. The second-order valence-electron chi connectivity index (χ2n) is 4.27. The van der Waals surface area contributed by atoms with Gasteiger partial charge in [0.2, 0.25) is 0 Å². The second-order valence-corrected chi connectivity index (χ2v) is 5.64. The number of hydrogen-bond donors (Lipinski definition) is 0. The Morgan fingerprint density at radius 3 is 1.33 bits per heavy atom. The Morgan fingerprint density at radius 2 is 1.06 bits per heavy atom. The summed E-state index contributed by atoms with van der Waals surface area (Å²) in [6, 6.07) is 0. The molecule has 111 valence electrons. The first-order valence-corrected chi connectivity index (χ1v) is 8.74. The zero-order chi connectivity index (χ0) is 14.3. The van der Waals surface area contributed by atoms with Gasteiger partial charge in [-0.05, 0) is 0 Å². The Hall–Kier alpha value is 0.389. The third-order valence-corrected chi connectivity index (χ3v) is 2.87. The van der Waals surface area contributed by atoms with Gasteiger partial charge in [0, 0.05) is 10.4 Å². The molecule has 0 heterocycles. The van der Waals surface area contributed by atoms with Crippen LogP contribution in [0.15, 0.2) is 0 Å². The molecule has 0 aliphatic heterocycles. The third kappa shape index (κ3) is 36.0. The Balaban J connectivity index is 0. The average Bonchev–Trinajstić information content (AvgIpc) is 2.25. The monoisotopic (exact) mass is 321 g/mol. The van der Waals surface area contributed by atoms with Crippen molar-refractivity contribution < 1.29 is 33.5 Å². The van der Waals surface area contributed by atoms with E-state index in [1.807, 2.05) is 0 Å². The van der Waals surface area contributed by atoms with Crippen molar-refractivity contribution in [1.82, 2.24) is 0 Å². The topological polar surface area (TPSA) is 80.3 Å². The van der Waals surface area contributed by atoms with Crippen LogP contribution in [0.4, 0.5) is 0 Å². The Morgan fingerprint density at radius 1 is 0.778 bits per heavy atom. The van der Waals surface area contributed by atoms with Gasteiger partial charge < -0.3 is 9.11 Å². The van der Waals surface area contributed by atoms with E-state index in [0.29, 0.717) is 0 Å². The van der Waals surface area contributed by atoms with E-state index < -0.39 is 10.4 Å². The molecule has 0 bridgehead atoms. The third-order valence-electron chi connectivity index (χ3n) is 2.48. The van der Waals surface area contributed by atoms with Crippen molar-refractivity contribution in [3.8, 4) is 0 Å². The smallest absolute Gasteiger partial charge is 0.0311 e. The number of unbranched alkanes of at least 4 members (excludes halogenated alkanes) is 9. The van der Waals surface area contributed by atoms with Crippen LogP contribution < -0.4 is 0 Å². The van der Waals surface area contributed by atoms with Crippen molar-refractivity contribution in [2.75, 3.05) is 0 Å². The van der Waals surface area contributed by atoms with Gasteiger partial charge in [-0.25, -0.2) is 0 Å². The second kappa shape index (κ2) is 15.4. The van der Waals surface area contributed by atoms with Crippen molar-refractivity contribution in [2.45, 2.75) is 76.5 Å². The van der Waals surface area contributed by atoms with E-state index in [9.17, 15) is 0 Å². The summed E-state index contributed by atoms with van der Waals surface area (Å²) in [7, 11) is -5.17. The summed E-state index contributed by atoms with van der Waals surface area (Å²) in [5, 5.41) is 1.12. The van der Waals surface area contributed by atoms with E-state index >= 15 is 0 Å². The summed E-state index contributed by atoms with van der Waals surface area (Å²) < 4.78 is 34.1. The molecule has 0 saturated heterocycles. The minimum Gasteiger partial charge on any atom is -0.759 e. The minimum atomic E-state index is -5.17. The summed E-state index contributed by atoms with van der Waals surface area (Å²) in [6.07, 6.45) is 14.2. The standard InChI is InChI=1S/C12H25.Fe.H2O4S/c1-3-5-7-9-11-12-10-8-6-4-2;;1-5(2,3)4/h1,3-12H2,2H3;;(H2,1,2,3,4)/q;+2;/p-2. The molecule has 0 aromatic carbocycles. The predicted octanol–water partition coefficient (Wildman–Crippen LogP) is 3.53. The van der Waals surface area contributed by atoms with Crippen LogP contribution >= 0.6 is 0 Å². The van der Waals surface area contributed by atoms with E-state index in [4.69, 9.17) is 17.5 Å². The van der Waals surface area contributed by atoms with Crippen molar-refractivity contribution >= 4 is 10.4 Å². The van der Waals surface area contributed by atoms with Gasteiger partial charge in [-0.15, -0.1) is 0 Å². The first-order chi connectivity index (χ1) is 8.41. The predicted molar refractivity (Wildman–Crippen MR) is 67.1 cm³/mol. The normalized spacial score (nSPS) is 10.8.